The molecule has 1 N–H and O–H groups in total. The number of imidazole rings is 1. The van der Waals surface area contributed by atoms with Crippen molar-refractivity contribution in [2.75, 3.05) is 26.3 Å². The first-order valence-electron chi connectivity index (χ1n) is 9.37. The fourth-order valence-electron chi connectivity index (χ4n) is 3.42. The minimum atomic E-state index is -3.34. The normalized spacial score (nSPS) is 15.9. The van der Waals surface area contributed by atoms with E-state index in [1.807, 2.05) is 59.3 Å². The van der Waals surface area contributed by atoms with Gasteiger partial charge in [0.2, 0.25) is 10.0 Å². The van der Waals surface area contributed by atoms with Crippen molar-refractivity contribution in [3.63, 3.8) is 0 Å². The summed E-state index contributed by atoms with van der Waals surface area (Å²) < 4.78 is 34.3. The zero-order valence-corrected chi connectivity index (χ0v) is 16.4. The van der Waals surface area contributed by atoms with Crippen molar-refractivity contribution >= 4 is 15.7 Å². The van der Waals surface area contributed by atoms with Gasteiger partial charge in [0.05, 0.1) is 30.9 Å². The average molecular weight is 401 g/mol. The second-order valence-electron chi connectivity index (χ2n) is 6.82. The van der Waals surface area contributed by atoms with Crippen molar-refractivity contribution in [1.29, 1.82) is 0 Å². The third-order valence-electron chi connectivity index (χ3n) is 4.93. The SMILES string of the molecule is O=S(=O)(Cc1ccccc1CNCc1cnc2ccccn12)N1CCOCC1. The molecule has 28 heavy (non-hydrogen) atoms. The standard InChI is InChI=1S/C20H24N4O3S/c25-28(26,23-9-11-27-12-10-23)16-18-6-2-1-5-17(18)13-21-14-19-15-22-20-7-3-4-8-24(19)20/h1-8,15,21H,9-14,16H2. The van der Waals surface area contributed by atoms with E-state index >= 15 is 0 Å². The molecule has 0 atom stereocenters. The molecule has 2 aromatic heterocycles. The molecule has 3 aromatic rings. The Balaban J connectivity index is 1.43. The van der Waals surface area contributed by atoms with Gasteiger partial charge < -0.3 is 14.5 Å². The van der Waals surface area contributed by atoms with Crippen LogP contribution in [0.1, 0.15) is 16.8 Å². The van der Waals surface area contributed by atoms with Crippen molar-refractivity contribution < 1.29 is 13.2 Å². The van der Waals surface area contributed by atoms with Crippen LogP contribution in [0.5, 0.6) is 0 Å². The first-order valence-corrected chi connectivity index (χ1v) is 11.0. The summed E-state index contributed by atoms with van der Waals surface area (Å²) in [6, 6.07) is 13.6. The predicted molar refractivity (Wildman–Crippen MR) is 107 cm³/mol. The molecule has 0 spiro atoms. The highest BCUT2D eigenvalue weighted by atomic mass is 32.2. The van der Waals surface area contributed by atoms with Gasteiger partial charge in [0, 0.05) is 32.4 Å². The largest absolute Gasteiger partial charge is 0.379 e. The summed E-state index contributed by atoms with van der Waals surface area (Å²) in [5.74, 6) is 0.0144. The molecular weight excluding hydrogens is 376 g/mol. The summed E-state index contributed by atoms with van der Waals surface area (Å²) in [6.45, 7) is 3.02. The summed E-state index contributed by atoms with van der Waals surface area (Å²) in [5.41, 5.74) is 3.80. The molecule has 1 aliphatic rings. The summed E-state index contributed by atoms with van der Waals surface area (Å²) in [6.07, 6.45) is 3.85. The van der Waals surface area contributed by atoms with E-state index in [0.29, 0.717) is 39.4 Å². The molecule has 0 bridgehead atoms. The number of nitrogens with one attached hydrogen (secondary N) is 1. The quantitative estimate of drug-likeness (QED) is 0.654. The Labute approximate surface area is 165 Å². The molecule has 0 amide bonds. The summed E-state index contributed by atoms with van der Waals surface area (Å²) in [7, 11) is -3.34. The van der Waals surface area contributed by atoms with Crippen LogP contribution in [0.2, 0.25) is 0 Å². The lowest BCUT2D eigenvalue weighted by molar-refractivity contribution is 0.0729. The highest BCUT2D eigenvalue weighted by Crippen LogP contribution is 2.17. The lowest BCUT2D eigenvalue weighted by atomic mass is 10.1. The van der Waals surface area contributed by atoms with Crippen LogP contribution in [0, 0.1) is 0 Å². The summed E-state index contributed by atoms with van der Waals surface area (Å²) >= 11 is 0. The zero-order chi connectivity index (χ0) is 19.4. The maximum absolute atomic E-state index is 12.8. The van der Waals surface area contributed by atoms with Gasteiger partial charge in [0.25, 0.3) is 0 Å². The molecule has 4 rings (SSSR count). The van der Waals surface area contributed by atoms with Crippen molar-refractivity contribution in [1.82, 2.24) is 19.0 Å². The molecule has 1 aliphatic heterocycles. The Morgan fingerprint density at radius 2 is 1.75 bits per heavy atom. The first-order chi connectivity index (χ1) is 13.6. The molecule has 1 aromatic carbocycles. The molecule has 148 valence electrons. The number of rotatable bonds is 7. The first kappa shape index (κ1) is 19.1. The van der Waals surface area contributed by atoms with Crippen molar-refractivity contribution in [2.45, 2.75) is 18.8 Å². The fraction of sp³-hybridized carbons (Fsp3) is 0.350. The number of hydrogen-bond acceptors (Lipinski definition) is 5. The van der Waals surface area contributed by atoms with E-state index in [0.717, 1.165) is 22.5 Å². The van der Waals surface area contributed by atoms with Crippen LogP contribution in [0.25, 0.3) is 5.65 Å². The smallest absolute Gasteiger partial charge is 0.218 e. The van der Waals surface area contributed by atoms with E-state index in [-0.39, 0.29) is 5.75 Å². The maximum atomic E-state index is 12.8. The molecule has 1 saturated heterocycles. The molecule has 3 heterocycles. The second kappa shape index (κ2) is 8.40. The Bertz CT molecular complexity index is 1040. The minimum Gasteiger partial charge on any atom is -0.379 e. The van der Waals surface area contributed by atoms with Crippen LogP contribution in [-0.4, -0.2) is 48.4 Å². The molecule has 0 unspecified atom stereocenters. The van der Waals surface area contributed by atoms with Crippen LogP contribution in [0.3, 0.4) is 0 Å². The van der Waals surface area contributed by atoms with Crippen LogP contribution >= 0.6 is 0 Å². The predicted octanol–water partition coefficient (Wildman–Crippen LogP) is 1.79. The van der Waals surface area contributed by atoms with Crippen LogP contribution in [0.4, 0.5) is 0 Å². The van der Waals surface area contributed by atoms with Gasteiger partial charge in [0.1, 0.15) is 5.65 Å². The Morgan fingerprint density at radius 1 is 1.00 bits per heavy atom. The van der Waals surface area contributed by atoms with E-state index in [2.05, 4.69) is 10.3 Å². The number of hydrogen-bond donors (Lipinski definition) is 1. The fourth-order valence-corrected chi connectivity index (χ4v) is 4.99. The van der Waals surface area contributed by atoms with Crippen molar-refractivity contribution in [3.05, 3.63) is 71.7 Å². The topological polar surface area (TPSA) is 75.9 Å². The number of ether oxygens (including phenoxy) is 1. The molecule has 7 nitrogen and oxygen atoms in total. The average Bonchev–Trinajstić information content (AvgIpc) is 3.13. The number of fused-ring (bicyclic) bond motifs is 1. The van der Waals surface area contributed by atoms with Gasteiger partial charge in [-0.3, -0.25) is 0 Å². The van der Waals surface area contributed by atoms with Crippen molar-refractivity contribution in [3.8, 4) is 0 Å². The van der Waals surface area contributed by atoms with Crippen LogP contribution < -0.4 is 5.32 Å². The van der Waals surface area contributed by atoms with E-state index < -0.39 is 10.0 Å². The van der Waals surface area contributed by atoms with Gasteiger partial charge in [-0.2, -0.15) is 4.31 Å². The lowest BCUT2D eigenvalue weighted by Gasteiger charge is -2.26. The van der Waals surface area contributed by atoms with Gasteiger partial charge >= 0.3 is 0 Å². The Kier molecular flexibility index (Phi) is 5.72. The van der Waals surface area contributed by atoms with E-state index in [9.17, 15) is 8.42 Å². The number of morpholine rings is 1. The number of benzene rings is 1. The van der Waals surface area contributed by atoms with E-state index in [1.165, 1.54) is 4.31 Å². The number of sulfonamides is 1. The Morgan fingerprint density at radius 3 is 2.57 bits per heavy atom. The molecular formula is C20H24N4O3S. The van der Waals surface area contributed by atoms with Crippen LogP contribution in [0.15, 0.2) is 54.9 Å². The highest BCUT2D eigenvalue weighted by molar-refractivity contribution is 7.88. The van der Waals surface area contributed by atoms with Gasteiger partial charge in [-0.05, 0) is 23.3 Å². The highest BCUT2D eigenvalue weighted by Gasteiger charge is 2.25. The monoisotopic (exact) mass is 400 g/mol. The maximum Gasteiger partial charge on any atom is 0.218 e. The zero-order valence-electron chi connectivity index (χ0n) is 15.6. The summed E-state index contributed by atoms with van der Waals surface area (Å²) in [5, 5.41) is 3.41. The van der Waals surface area contributed by atoms with Gasteiger partial charge in [-0.15, -0.1) is 0 Å². The third-order valence-corrected chi connectivity index (χ3v) is 6.76. The number of aromatic nitrogens is 2. The van der Waals surface area contributed by atoms with Crippen molar-refractivity contribution in [2.24, 2.45) is 0 Å². The molecule has 0 radical (unpaired) electrons. The van der Waals surface area contributed by atoms with E-state index in [4.69, 9.17) is 4.74 Å². The third kappa shape index (κ3) is 4.25. The number of pyridine rings is 1. The number of nitrogens with zero attached hydrogens (tertiary/aromatic N) is 3. The van der Waals surface area contributed by atoms with E-state index in [1.54, 1.807) is 0 Å². The van der Waals surface area contributed by atoms with Gasteiger partial charge in [-0.1, -0.05) is 30.3 Å². The van der Waals surface area contributed by atoms with Gasteiger partial charge in [0.15, 0.2) is 0 Å². The summed E-state index contributed by atoms with van der Waals surface area (Å²) in [4.78, 5) is 4.39. The second-order valence-corrected chi connectivity index (χ2v) is 8.79. The van der Waals surface area contributed by atoms with Gasteiger partial charge in [-0.25, -0.2) is 13.4 Å². The molecule has 1 fully saturated rings. The Hall–Kier alpha value is -2.26. The molecule has 0 aliphatic carbocycles. The molecule has 8 heteroatoms. The van der Waals surface area contributed by atoms with Crippen LogP contribution in [-0.2, 0) is 33.6 Å². The minimum absolute atomic E-state index is 0.0144. The molecule has 0 saturated carbocycles. The lowest BCUT2D eigenvalue weighted by Crippen LogP contribution is -2.41.